The average Bonchev–Trinajstić information content (AvgIpc) is 2.38. The van der Waals surface area contributed by atoms with Gasteiger partial charge in [0, 0.05) is 6.04 Å². The Kier molecular flexibility index (Phi) is 3.98. The molecular weight excluding hydrogens is 274 g/mol. The van der Waals surface area contributed by atoms with Gasteiger partial charge in [-0.15, -0.1) is 0 Å². The number of sulfone groups is 1. The van der Waals surface area contributed by atoms with Gasteiger partial charge in [-0.3, -0.25) is 0 Å². The third kappa shape index (κ3) is 3.52. The minimum Gasteiger partial charge on any atom is -0.488 e. The number of hydrogen-bond donors (Lipinski definition) is 1. The first kappa shape index (κ1) is 13.9. The van der Waals surface area contributed by atoms with E-state index in [2.05, 4.69) is 11.4 Å². The molecule has 5 heteroatoms. The largest absolute Gasteiger partial charge is 0.488 e. The molecule has 3 rings (SSSR count). The van der Waals surface area contributed by atoms with Crippen LogP contribution >= 0.6 is 0 Å². The fourth-order valence-corrected chi connectivity index (χ4v) is 4.08. The van der Waals surface area contributed by atoms with E-state index in [1.165, 1.54) is 24.8 Å². The summed E-state index contributed by atoms with van der Waals surface area (Å²) in [5.74, 6) is 1.10. The van der Waals surface area contributed by atoms with Crippen LogP contribution in [0, 0.1) is 0 Å². The number of benzene rings is 1. The van der Waals surface area contributed by atoms with Gasteiger partial charge in [0.05, 0.1) is 11.5 Å². The maximum absolute atomic E-state index is 11.1. The maximum atomic E-state index is 11.1. The van der Waals surface area contributed by atoms with Crippen LogP contribution in [0.4, 0.5) is 0 Å². The minimum atomic E-state index is -2.82. The standard InChI is InChI=1S/C15H21NO3S/c17-20(18)10-15(11-20)19-14-6-3-4-12(9-14)8-13-5-1-2-7-16-13/h3-4,6,9,13,15-16H,1-2,5,7-8,10-11H2. The smallest absolute Gasteiger partial charge is 0.157 e. The van der Waals surface area contributed by atoms with E-state index in [9.17, 15) is 8.42 Å². The predicted molar refractivity (Wildman–Crippen MR) is 78.9 cm³/mol. The molecular formula is C15H21NO3S. The number of hydrogen-bond acceptors (Lipinski definition) is 4. The van der Waals surface area contributed by atoms with Gasteiger partial charge < -0.3 is 10.1 Å². The molecule has 1 unspecified atom stereocenters. The number of rotatable bonds is 4. The van der Waals surface area contributed by atoms with Crippen LogP contribution in [0.2, 0.25) is 0 Å². The van der Waals surface area contributed by atoms with E-state index in [4.69, 9.17) is 4.74 Å². The second-order valence-electron chi connectivity index (χ2n) is 5.82. The van der Waals surface area contributed by atoms with Crippen molar-refractivity contribution >= 4 is 9.84 Å². The fourth-order valence-electron chi connectivity index (χ4n) is 2.91. The topological polar surface area (TPSA) is 55.4 Å². The van der Waals surface area contributed by atoms with Crippen molar-refractivity contribution in [2.75, 3.05) is 18.1 Å². The molecule has 2 aliphatic heterocycles. The highest BCUT2D eigenvalue weighted by molar-refractivity contribution is 7.92. The summed E-state index contributed by atoms with van der Waals surface area (Å²) in [5.41, 5.74) is 1.25. The lowest BCUT2D eigenvalue weighted by Crippen LogP contribution is -2.45. The molecule has 0 amide bonds. The zero-order valence-corrected chi connectivity index (χ0v) is 12.4. The molecule has 0 radical (unpaired) electrons. The fraction of sp³-hybridized carbons (Fsp3) is 0.600. The molecule has 110 valence electrons. The number of piperidine rings is 1. The molecule has 1 aromatic rings. The van der Waals surface area contributed by atoms with E-state index >= 15 is 0 Å². The van der Waals surface area contributed by atoms with Gasteiger partial charge in [-0.25, -0.2) is 8.42 Å². The highest BCUT2D eigenvalue weighted by Gasteiger charge is 2.35. The Labute approximate surface area is 120 Å². The van der Waals surface area contributed by atoms with E-state index < -0.39 is 9.84 Å². The Morgan fingerprint density at radius 2 is 2.10 bits per heavy atom. The summed E-state index contributed by atoms with van der Waals surface area (Å²) >= 11 is 0. The highest BCUT2D eigenvalue weighted by Crippen LogP contribution is 2.22. The van der Waals surface area contributed by atoms with Crippen molar-refractivity contribution in [3.63, 3.8) is 0 Å². The summed E-state index contributed by atoms with van der Waals surface area (Å²) in [6.07, 6.45) is 4.65. The molecule has 0 aromatic heterocycles. The first-order valence-electron chi connectivity index (χ1n) is 7.30. The molecule has 4 nitrogen and oxygen atoms in total. The van der Waals surface area contributed by atoms with Crippen LogP contribution in [0.3, 0.4) is 0 Å². The van der Waals surface area contributed by atoms with Crippen LogP contribution in [0.25, 0.3) is 0 Å². The Hall–Kier alpha value is -1.07. The number of ether oxygens (including phenoxy) is 1. The molecule has 1 N–H and O–H groups in total. The van der Waals surface area contributed by atoms with Gasteiger partial charge in [-0.05, 0) is 43.5 Å². The van der Waals surface area contributed by atoms with Crippen molar-refractivity contribution in [3.05, 3.63) is 29.8 Å². The van der Waals surface area contributed by atoms with Crippen LogP contribution in [0.15, 0.2) is 24.3 Å². The zero-order valence-electron chi connectivity index (χ0n) is 11.5. The quantitative estimate of drug-likeness (QED) is 0.915. The van der Waals surface area contributed by atoms with Gasteiger partial charge in [-0.1, -0.05) is 18.6 Å². The molecule has 2 fully saturated rings. The van der Waals surface area contributed by atoms with E-state index in [1.807, 2.05) is 18.2 Å². The summed E-state index contributed by atoms with van der Waals surface area (Å²) in [6, 6.07) is 8.61. The normalized spacial score (nSPS) is 25.9. The average molecular weight is 295 g/mol. The summed E-state index contributed by atoms with van der Waals surface area (Å²) in [4.78, 5) is 0. The van der Waals surface area contributed by atoms with Gasteiger partial charge in [0.25, 0.3) is 0 Å². The molecule has 0 aliphatic carbocycles. The second-order valence-corrected chi connectivity index (χ2v) is 7.97. The summed E-state index contributed by atoms with van der Waals surface area (Å²) in [6.45, 7) is 1.11. The first-order chi connectivity index (χ1) is 9.61. The van der Waals surface area contributed by atoms with Crippen LogP contribution in [-0.4, -0.2) is 38.6 Å². The van der Waals surface area contributed by atoms with Crippen molar-refractivity contribution in [3.8, 4) is 5.75 Å². The Balaban J connectivity index is 1.58. The Morgan fingerprint density at radius 1 is 1.25 bits per heavy atom. The minimum absolute atomic E-state index is 0.154. The maximum Gasteiger partial charge on any atom is 0.157 e. The Bertz CT molecular complexity index is 552. The van der Waals surface area contributed by atoms with Gasteiger partial charge in [0.2, 0.25) is 0 Å². The SMILES string of the molecule is O=S1(=O)CC(Oc2cccc(CC3CCCCN3)c2)C1. The first-order valence-corrected chi connectivity index (χ1v) is 9.12. The van der Waals surface area contributed by atoms with E-state index in [0.717, 1.165) is 18.7 Å². The van der Waals surface area contributed by atoms with E-state index in [0.29, 0.717) is 6.04 Å². The molecule has 1 atom stereocenters. The van der Waals surface area contributed by atoms with Crippen molar-refractivity contribution in [2.24, 2.45) is 0 Å². The summed E-state index contributed by atoms with van der Waals surface area (Å²) in [7, 11) is -2.82. The third-order valence-corrected chi connectivity index (χ3v) is 5.73. The van der Waals surface area contributed by atoms with E-state index in [1.54, 1.807) is 0 Å². The van der Waals surface area contributed by atoms with Crippen LogP contribution in [0.5, 0.6) is 5.75 Å². The summed E-state index contributed by atoms with van der Waals surface area (Å²) in [5, 5.41) is 3.54. The van der Waals surface area contributed by atoms with Crippen molar-refractivity contribution in [1.29, 1.82) is 0 Å². The van der Waals surface area contributed by atoms with E-state index in [-0.39, 0.29) is 17.6 Å². The second kappa shape index (κ2) is 5.74. The lowest BCUT2D eigenvalue weighted by molar-refractivity contribution is 0.230. The van der Waals surface area contributed by atoms with Crippen LogP contribution in [0.1, 0.15) is 24.8 Å². The molecule has 2 aliphatic rings. The highest BCUT2D eigenvalue weighted by atomic mass is 32.2. The van der Waals surface area contributed by atoms with Crippen molar-refractivity contribution in [1.82, 2.24) is 5.32 Å². The van der Waals surface area contributed by atoms with Gasteiger partial charge in [0.15, 0.2) is 9.84 Å². The van der Waals surface area contributed by atoms with Crippen LogP contribution < -0.4 is 10.1 Å². The Morgan fingerprint density at radius 3 is 2.80 bits per heavy atom. The molecule has 0 saturated carbocycles. The predicted octanol–water partition coefficient (Wildman–Crippen LogP) is 1.55. The molecule has 20 heavy (non-hydrogen) atoms. The third-order valence-electron chi connectivity index (χ3n) is 3.98. The number of nitrogens with one attached hydrogen (secondary N) is 1. The van der Waals surface area contributed by atoms with Crippen molar-refractivity contribution < 1.29 is 13.2 Å². The molecule has 1 aromatic carbocycles. The zero-order chi connectivity index (χ0) is 14.0. The van der Waals surface area contributed by atoms with Gasteiger partial charge >= 0.3 is 0 Å². The van der Waals surface area contributed by atoms with Crippen molar-refractivity contribution in [2.45, 2.75) is 37.8 Å². The molecule has 0 bridgehead atoms. The van der Waals surface area contributed by atoms with Gasteiger partial charge in [-0.2, -0.15) is 0 Å². The lowest BCUT2D eigenvalue weighted by Gasteiger charge is -2.27. The van der Waals surface area contributed by atoms with Gasteiger partial charge in [0.1, 0.15) is 11.9 Å². The summed E-state index contributed by atoms with van der Waals surface area (Å²) < 4.78 is 28.0. The van der Waals surface area contributed by atoms with Crippen LogP contribution in [-0.2, 0) is 16.3 Å². The molecule has 2 heterocycles. The monoisotopic (exact) mass is 295 g/mol. The molecule has 2 saturated heterocycles. The molecule has 0 spiro atoms. The lowest BCUT2D eigenvalue weighted by atomic mass is 9.98.